The second kappa shape index (κ2) is 10.3. The predicted molar refractivity (Wildman–Crippen MR) is 117 cm³/mol. The van der Waals surface area contributed by atoms with Gasteiger partial charge < -0.3 is 19.3 Å². The Morgan fingerprint density at radius 1 is 1.07 bits per heavy atom. The number of hydrogen-bond donors (Lipinski definition) is 0. The average Bonchev–Trinajstić information content (AvgIpc) is 3.25. The van der Waals surface area contributed by atoms with Crippen LogP contribution in [0.1, 0.15) is 35.7 Å². The molecule has 1 amide bonds. The lowest BCUT2D eigenvalue weighted by Gasteiger charge is -2.26. The van der Waals surface area contributed by atoms with Gasteiger partial charge in [-0.05, 0) is 61.7 Å². The Morgan fingerprint density at radius 3 is 2.33 bits per heavy atom. The zero-order valence-corrected chi connectivity index (χ0v) is 18.0. The van der Waals surface area contributed by atoms with Crippen LogP contribution in [0.4, 0.5) is 5.69 Å². The molecule has 0 spiro atoms. The van der Waals surface area contributed by atoms with Crippen molar-refractivity contribution < 1.29 is 19.1 Å². The molecule has 1 aliphatic rings. The highest BCUT2D eigenvalue weighted by Gasteiger charge is 2.23. The van der Waals surface area contributed by atoms with Crippen molar-refractivity contribution in [3.05, 3.63) is 59.7 Å². The third kappa shape index (κ3) is 6.07. The molecule has 6 nitrogen and oxygen atoms in total. The van der Waals surface area contributed by atoms with Crippen LogP contribution in [-0.2, 0) is 16.1 Å². The molecule has 1 saturated heterocycles. The van der Waals surface area contributed by atoms with E-state index in [1.807, 2.05) is 36.0 Å². The molecule has 160 valence electrons. The predicted octanol–water partition coefficient (Wildman–Crippen LogP) is 3.54. The van der Waals surface area contributed by atoms with Crippen LogP contribution in [-0.4, -0.2) is 56.5 Å². The van der Waals surface area contributed by atoms with Crippen LogP contribution in [0.2, 0.25) is 0 Å². The zero-order chi connectivity index (χ0) is 21.5. The van der Waals surface area contributed by atoms with Crippen molar-refractivity contribution in [1.82, 2.24) is 4.90 Å². The van der Waals surface area contributed by atoms with Gasteiger partial charge in [0.2, 0.25) is 0 Å². The average molecular weight is 411 g/mol. The lowest BCUT2D eigenvalue weighted by Crippen LogP contribution is -2.39. The molecule has 0 bridgehead atoms. The molecule has 3 rings (SSSR count). The molecule has 0 aromatic heterocycles. The summed E-state index contributed by atoms with van der Waals surface area (Å²) in [4.78, 5) is 28.2. The maximum Gasteiger partial charge on any atom is 0.260 e. The van der Waals surface area contributed by atoms with E-state index >= 15 is 0 Å². The molecule has 0 aliphatic carbocycles. The number of anilines is 1. The van der Waals surface area contributed by atoms with E-state index in [0.717, 1.165) is 30.7 Å². The molecule has 0 radical (unpaired) electrons. The topological polar surface area (TPSA) is 59.1 Å². The van der Waals surface area contributed by atoms with Gasteiger partial charge in [0.25, 0.3) is 5.91 Å². The Hall–Kier alpha value is -2.86. The minimum atomic E-state index is -0.0853. The first-order chi connectivity index (χ1) is 14.4. The van der Waals surface area contributed by atoms with E-state index in [1.165, 1.54) is 6.92 Å². The summed E-state index contributed by atoms with van der Waals surface area (Å²) in [6.45, 7) is 3.29. The van der Waals surface area contributed by atoms with Crippen molar-refractivity contribution in [2.75, 3.05) is 38.8 Å². The highest BCUT2D eigenvalue weighted by molar-refractivity contribution is 5.94. The van der Waals surface area contributed by atoms with Crippen LogP contribution in [0.3, 0.4) is 0 Å². The molecule has 6 heteroatoms. The minimum Gasteiger partial charge on any atom is -0.484 e. The lowest BCUT2D eigenvalue weighted by atomic mass is 10.1. The van der Waals surface area contributed by atoms with Crippen molar-refractivity contribution in [3.63, 3.8) is 0 Å². The summed E-state index contributed by atoms with van der Waals surface area (Å²) in [5.74, 6) is 0.485. The Morgan fingerprint density at radius 2 is 1.77 bits per heavy atom. The normalized spacial score (nSPS) is 15.6. The molecule has 1 aliphatic heterocycles. The molecule has 1 atom stereocenters. The van der Waals surface area contributed by atoms with Gasteiger partial charge in [0.05, 0.1) is 6.10 Å². The third-order valence-corrected chi connectivity index (χ3v) is 5.25. The highest BCUT2D eigenvalue weighted by Crippen LogP contribution is 2.18. The van der Waals surface area contributed by atoms with Crippen molar-refractivity contribution in [1.29, 1.82) is 0 Å². The third-order valence-electron chi connectivity index (χ3n) is 5.25. The lowest BCUT2D eigenvalue weighted by molar-refractivity contribution is -0.135. The van der Waals surface area contributed by atoms with Gasteiger partial charge in [-0.15, -0.1) is 0 Å². The smallest absolute Gasteiger partial charge is 0.260 e. The fourth-order valence-corrected chi connectivity index (χ4v) is 3.43. The van der Waals surface area contributed by atoms with Gasteiger partial charge in [0.1, 0.15) is 5.75 Å². The number of amides is 1. The van der Waals surface area contributed by atoms with Gasteiger partial charge in [-0.3, -0.25) is 9.59 Å². The first-order valence-electron chi connectivity index (χ1n) is 10.3. The molecule has 1 heterocycles. The summed E-state index contributed by atoms with van der Waals surface area (Å²) in [6, 6.07) is 15.0. The van der Waals surface area contributed by atoms with E-state index in [2.05, 4.69) is 12.1 Å². The van der Waals surface area contributed by atoms with Gasteiger partial charge in [0.15, 0.2) is 12.4 Å². The number of rotatable bonds is 9. The van der Waals surface area contributed by atoms with Gasteiger partial charge in [-0.2, -0.15) is 0 Å². The van der Waals surface area contributed by atoms with Crippen molar-refractivity contribution in [2.24, 2.45) is 0 Å². The Bertz CT molecular complexity index is 841. The zero-order valence-electron chi connectivity index (χ0n) is 18.0. The maximum atomic E-state index is 12.9. The number of carbonyl (C=O) groups excluding carboxylic acids is 2. The largest absolute Gasteiger partial charge is 0.484 e. The molecule has 2 aromatic rings. The summed E-state index contributed by atoms with van der Waals surface area (Å²) < 4.78 is 11.4. The maximum absolute atomic E-state index is 12.9. The molecular weight excluding hydrogens is 380 g/mol. The van der Waals surface area contributed by atoms with Crippen LogP contribution in [0.15, 0.2) is 48.5 Å². The Kier molecular flexibility index (Phi) is 7.46. The number of ether oxygens (including phenoxy) is 2. The fourth-order valence-electron chi connectivity index (χ4n) is 3.43. The van der Waals surface area contributed by atoms with Gasteiger partial charge in [0, 0.05) is 45.0 Å². The van der Waals surface area contributed by atoms with E-state index in [9.17, 15) is 9.59 Å². The fraction of sp³-hybridized carbons (Fsp3) is 0.417. The number of benzene rings is 2. The first kappa shape index (κ1) is 21.8. The van der Waals surface area contributed by atoms with Gasteiger partial charge in [-0.25, -0.2) is 0 Å². The van der Waals surface area contributed by atoms with E-state index in [1.54, 1.807) is 24.3 Å². The van der Waals surface area contributed by atoms with E-state index in [-0.39, 0.29) is 24.4 Å². The number of carbonyl (C=O) groups is 2. The van der Waals surface area contributed by atoms with E-state index < -0.39 is 0 Å². The second-order valence-electron chi connectivity index (χ2n) is 7.84. The van der Waals surface area contributed by atoms with Crippen LogP contribution in [0.5, 0.6) is 5.75 Å². The molecular formula is C24H30N2O4. The Labute approximate surface area is 178 Å². The van der Waals surface area contributed by atoms with Crippen LogP contribution in [0, 0.1) is 0 Å². The van der Waals surface area contributed by atoms with Gasteiger partial charge >= 0.3 is 0 Å². The van der Waals surface area contributed by atoms with Crippen molar-refractivity contribution in [2.45, 2.75) is 32.4 Å². The number of ketones is 1. The van der Waals surface area contributed by atoms with E-state index in [4.69, 9.17) is 9.47 Å². The number of Topliss-reactive ketones (excluding diaryl/α,β-unsaturated/α-hetero) is 1. The summed E-state index contributed by atoms with van der Waals surface area (Å²) >= 11 is 0. The van der Waals surface area contributed by atoms with Crippen molar-refractivity contribution >= 4 is 17.4 Å². The molecule has 0 unspecified atom stereocenters. The molecule has 0 N–H and O–H groups in total. The summed E-state index contributed by atoms with van der Waals surface area (Å²) in [5, 5.41) is 0. The van der Waals surface area contributed by atoms with Crippen molar-refractivity contribution in [3.8, 4) is 5.75 Å². The minimum absolute atomic E-state index is 0.000602. The Balaban J connectivity index is 1.64. The molecule has 2 aromatic carbocycles. The van der Waals surface area contributed by atoms with Crippen LogP contribution < -0.4 is 9.64 Å². The second-order valence-corrected chi connectivity index (χ2v) is 7.84. The molecule has 30 heavy (non-hydrogen) atoms. The summed E-state index contributed by atoms with van der Waals surface area (Å²) in [5.41, 5.74) is 2.81. The van der Waals surface area contributed by atoms with Crippen LogP contribution in [0.25, 0.3) is 0 Å². The monoisotopic (exact) mass is 410 g/mol. The number of hydrogen-bond acceptors (Lipinski definition) is 5. The molecule has 0 saturated carbocycles. The van der Waals surface area contributed by atoms with Crippen LogP contribution >= 0.6 is 0 Å². The quantitative estimate of drug-likeness (QED) is 0.592. The number of nitrogens with zero attached hydrogens (tertiary/aromatic N) is 2. The standard InChI is InChI=1S/C24H30N2O4/c1-18(27)20-8-12-22(13-9-20)30-17-24(28)26(16-23-5-4-14-29-23)15-19-6-10-21(11-7-19)25(2)3/h6-13,23H,4-5,14-17H2,1-3H3/t23-/m0/s1. The van der Waals surface area contributed by atoms with E-state index in [0.29, 0.717) is 24.4 Å². The summed E-state index contributed by atoms with van der Waals surface area (Å²) in [6.07, 6.45) is 2.07. The van der Waals surface area contributed by atoms with Gasteiger partial charge in [-0.1, -0.05) is 12.1 Å². The highest BCUT2D eigenvalue weighted by atomic mass is 16.5. The summed E-state index contributed by atoms with van der Waals surface area (Å²) in [7, 11) is 4.01. The molecule has 1 fully saturated rings. The first-order valence-corrected chi connectivity index (χ1v) is 10.3. The SMILES string of the molecule is CC(=O)c1ccc(OCC(=O)N(Cc2ccc(N(C)C)cc2)C[C@@H]2CCCO2)cc1.